The highest BCUT2D eigenvalue weighted by Crippen LogP contribution is 2.26. The topological polar surface area (TPSA) is 92.9 Å². The first-order valence-corrected chi connectivity index (χ1v) is 8.32. The molecule has 0 amide bonds. The second-order valence-corrected chi connectivity index (χ2v) is 6.16. The predicted molar refractivity (Wildman–Crippen MR) is 99.3 cm³/mol. The number of hydrogen-bond donors (Lipinski definition) is 1. The average Bonchev–Trinajstić information content (AvgIpc) is 3.10. The van der Waals surface area contributed by atoms with Crippen LogP contribution >= 0.6 is 0 Å². The predicted octanol–water partition coefficient (Wildman–Crippen LogP) is 3.28. The fourth-order valence-electron chi connectivity index (χ4n) is 2.99. The monoisotopic (exact) mass is 358 g/mol. The summed E-state index contributed by atoms with van der Waals surface area (Å²) < 4.78 is 15.6. The number of nitrogen functional groups attached to an aromatic ring is 1. The normalized spacial score (nSPS) is 10.9. The Balaban J connectivity index is 1.81. The van der Waals surface area contributed by atoms with Crippen molar-refractivity contribution in [2.75, 3.05) is 5.73 Å². The second-order valence-electron chi connectivity index (χ2n) is 6.16. The lowest BCUT2D eigenvalue weighted by Crippen LogP contribution is -2.05. The molecule has 0 aliphatic carbocycles. The Bertz CT molecular complexity index is 1190. The molecule has 4 aromatic rings. The summed E-state index contributed by atoms with van der Waals surface area (Å²) in [4.78, 5) is 8.89. The van der Waals surface area contributed by atoms with Gasteiger partial charge in [-0.3, -0.25) is 0 Å². The van der Waals surface area contributed by atoms with Crippen molar-refractivity contribution >= 4 is 11.5 Å². The molecule has 2 aromatic heterocycles. The van der Waals surface area contributed by atoms with E-state index in [-0.39, 0.29) is 11.4 Å². The van der Waals surface area contributed by atoms with Crippen LogP contribution in [-0.4, -0.2) is 19.6 Å². The van der Waals surface area contributed by atoms with Crippen LogP contribution in [0.1, 0.15) is 22.6 Å². The summed E-state index contributed by atoms with van der Waals surface area (Å²) >= 11 is 0. The van der Waals surface area contributed by atoms with E-state index in [4.69, 9.17) is 11.0 Å². The van der Waals surface area contributed by atoms with Crippen LogP contribution in [0.5, 0.6) is 0 Å². The van der Waals surface area contributed by atoms with Gasteiger partial charge in [0.1, 0.15) is 11.9 Å². The van der Waals surface area contributed by atoms with Crippen molar-refractivity contribution in [1.29, 1.82) is 5.26 Å². The number of nitrogens with two attached hydrogens (primary N) is 1. The van der Waals surface area contributed by atoms with Gasteiger partial charge >= 0.3 is 0 Å². The molecule has 0 fully saturated rings. The van der Waals surface area contributed by atoms with E-state index in [1.165, 1.54) is 12.1 Å². The molecule has 6 nitrogen and oxygen atoms in total. The Kier molecular flexibility index (Phi) is 4.01. The standard InChI is InChI=1S/C20H15FN6/c1-12-18(14-7-8-15(11-22)16(21)10-14)25-19(23)20-24-17(26-27(12)20)9-13-5-3-2-4-6-13/h2-8,10H,9H2,1H3,(H2,23,25). The van der Waals surface area contributed by atoms with Crippen molar-refractivity contribution in [3.63, 3.8) is 0 Å². The van der Waals surface area contributed by atoms with Crippen LogP contribution in [0, 0.1) is 24.1 Å². The van der Waals surface area contributed by atoms with Crippen molar-refractivity contribution in [2.45, 2.75) is 13.3 Å². The molecule has 7 heteroatoms. The third kappa shape index (κ3) is 2.98. The van der Waals surface area contributed by atoms with Crippen LogP contribution in [0.2, 0.25) is 0 Å². The summed E-state index contributed by atoms with van der Waals surface area (Å²) in [5.41, 5.74) is 9.34. The number of aromatic nitrogens is 4. The van der Waals surface area contributed by atoms with Gasteiger partial charge in [-0.25, -0.2) is 18.9 Å². The number of halogens is 1. The molecule has 0 saturated carbocycles. The van der Waals surface area contributed by atoms with E-state index >= 15 is 0 Å². The van der Waals surface area contributed by atoms with E-state index < -0.39 is 5.82 Å². The molecule has 0 aliphatic rings. The van der Waals surface area contributed by atoms with Gasteiger partial charge in [0.15, 0.2) is 17.3 Å². The fourth-order valence-corrected chi connectivity index (χ4v) is 2.99. The Morgan fingerprint density at radius 2 is 1.93 bits per heavy atom. The van der Waals surface area contributed by atoms with E-state index in [2.05, 4.69) is 15.1 Å². The molecular formula is C20H15FN6. The zero-order valence-electron chi connectivity index (χ0n) is 14.5. The Morgan fingerprint density at radius 3 is 2.63 bits per heavy atom. The molecule has 0 aliphatic heterocycles. The molecule has 2 aromatic carbocycles. The molecular weight excluding hydrogens is 343 g/mol. The largest absolute Gasteiger partial charge is 0.381 e. The van der Waals surface area contributed by atoms with Crippen molar-refractivity contribution in [1.82, 2.24) is 19.6 Å². The highest BCUT2D eigenvalue weighted by molar-refractivity contribution is 5.70. The lowest BCUT2D eigenvalue weighted by atomic mass is 10.1. The summed E-state index contributed by atoms with van der Waals surface area (Å²) in [5.74, 6) is 0.242. The molecule has 0 saturated heterocycles. The number of aryl methyl sites for hydroxylation is 1. The van der Waals surface area contributed by atoms with Gasteiger partial charge < -0.3 is 5.73 Å². The minimum Gasteiger partial charge on any atom is -0.381 e. The van der Waals surface area contributed by atoms with Gasteiger partial charge in [-0.05, 0) is 24.6 Å². The summed E-state index contributed by atoms with van der Waals surface area (Å²) in [6.07, 6.45) is 0.572. The second kappa shape index (κ2) is 6.50. The molecule has 2 heterocycles. The van der Waals surface area contributed by atoms with Gasteiger partial charge in [0.05, 0.1) is 17.0 Å². The van der Waals surface area contributed by atoms with Crippen molar-refractivity contribution in [3.05, 3.63) is 77.0 Å². The van der Waals surface area contributed by atoms with Gasteiger partial charge in [0.2, 0.25) is 0 Å². The van der Waals surface area contributed by atoms with Crippen LogP contribution in [-0.2, 0) is 6.42 Å². The van der Waals surface area contributed by atoms with Crippen LogP contribution in [0.3, 0.4) is 0 Å². The van der Waals surface area contributed by atoms with E-state index in [1.807, 2.05) is 43.3 Å². The quantitative estimate of drug-likeness (QED) is 0.607. The molecule has 2 N–H and O–H groups in total. The summed E-state index contributed by atoms with van der Waals surface area (Å²) in [6.45, 7) is 1.83. The SMILES string of the molecule is Cc1c(-c2ccc(C#N)c(F)c2)nc(N)c2nc(Cc3ccccc3)nn12. The highest BCUT2D eigenvalue weighted by atomic mass is 19.1. The number of hydrogen-bond acceptors (Lipinski definition) is 5. The Labute approximate surface area is 154 Å². The molecule has 0 atom stereocenters. The Morgan fingerprint density at radius 1 is 1.15 bits per heavy atom. The first-order chi connectivity index (χ1) is 13.1. The van der Waals surface area contributed by atoms with Gasteiger partial charge in [0, 0.05) is 12.0 Å². The third-order valence-electron chi connectivity index (χ3n) is 4.34. The van der Waals surface area contributed by atoms with E-state index in [0.717, 1.165) is 5.56 Å². The smallest absolute Gasteiger partial charge is 0.198 e. The van der Waals surface area contributed by atoms with Crippen LogP contribution in [0.15, 0.2) is 48.5 Å². The summed E-state index contributed by atoms with van der Waals surface area (Å²) in [7, 11) is 0. The average molecular weight is 358 g/mol. The minimum atomic E-state index is -0.599. The number of nitriles is 1. The minimum absolute atomic E-state index is 0.0173. The number of fused-ring (bicyclic) bond motifs is 1. The maximum atomic E-state index is 14.0. The molecule has 27 heavy (non-hydrogen) atoms. The maximum Gasteiger partial charge on any atom is 0.198 e. The highest BCUT2D eigenvalue weighted by Gasteiger charge is 2.16. The molecule has 0 spiro atoms. The fraction of sp³-hybridized carbons (Fsp3) is 0.100. The first-order valence-electron chi connectivity index (χ1n) is 8.32. The molecule has 0 bridgehead atoms. The summed E-state index contributed by atoms with van der Waals surface area (Å²) in [6, 6.07) is 16.0. The third-order valence-corrected chi connectivity index (χ3v) is 4.34. The van der Waals surface area contributed by atoms with Crippen LogP contribution in [0.4, 0.5) is 10.2 Å². The number of nitrogens with zero attached hydrogens (tertiary/aromatic N) is 5. The lowest BCUT2D eigenvalue weighted by Gasteiger charge is -2.09. The molecule has 0 radical (unpaired) electrons. The van der Waals surface area contributed by atoms with E-state index in [0.29, 0.717) is 34.8 Å². The van der Waals surface area contributed by atoms with Gasteiger partial charge in [-0.1, -0.05) is 36.4 Å². The van der Waals surface area contributed by atoms with Crippen molar-refractivity contribution in [3.8, 4) is 17.3 Å². The molecule has 4 rings (SSSR count). The lowest BCUT2D eigenvalue weighted by molar-refractivity contribution is 0.624. The zero-order valence-corrected chi connectivity index (χ0v) is 14.5. The van der Waals surface area contributed by atoms with E-state index in [9.17, 15) is 4.39 Å². The molecule has 0 unspecified atom stereocenters. The summed E-state index contributed by atoms with van der Waals surface area (Å²) in [5, 5.41) is 13.4. The number of anilines is 1. The Hall–Kier alpha value is -3.79. The van der Waals surface area contributed by atoms with Gasteiger partial charge in [0.25, 0.3) is 0 Å². The van der Waals surface area contributed by atoms with Crippen LogP contribution < -0.4 is 5.73 Å². The number of rotatable bonds is 3. The van der Waals surface area contributed by atoms with Gasteiger partial charge in [-0.2, -0.15) is 10.4 Å². The van der Waals surface area contributed by atoms with E-state index in [1.54, 1.807) is 10.6 Å². The van der Waals surface area contributed by atoms with Crippen molar-refractivity contribution < 1.29 is 4.39 Å². The van der Waals surface area contributed by atoms with Crippen molar-refractivity contribution in [2.24, 2.45) is 0 Å². The maximum absolute atomic E-state index is 14.0. The molecule has 132 valence electrons. The van der Waals surface area contributed by atoms with Crippen LogP contribution in [0.25, 0.3) is 16.9 Å². The zero-order chi connectivity index (χ0) is 19.0. The first kappa shape index (κ1) is 16.7. The van der Waals surface area contributed by atoms with Gasteiger partial charge in [-0.15, -0.1) is 0 Å². The number of benzene rings is 2.